The summed E-state index contributed by atoms with van der Waals surface area (Å²) in [5.74, 6) is -2.40. The highest BCUT2D eigenvalue weighted by molar-refractivity contribution is 6.23. The van der Waals surface area contributed by atoms with Crippen LogP contribution in [0.1, 0.15) is 33.3 Å². The molecule has 0 spiro atoms. The Hall–Kier alpha value is -2.63. The number of amides is 1. The summed E-state index contributed by atoms with van der Waals surface area (Å²) < 4.78 is 10.3. The van der Waals surface area contributed by atoms with Crippen molar-refractivity contribution in [1.29, 1.82) is 0 Å². The molecule has 6 nitrogen and oxygen atoms in total. The lowest BCUT2D eigenvalue weighted by Gasteiger charge is -2.31. The molecule has 6 heteroatoms. The van der Waals surface area contributed by atoms with Crippen molar-refractivity contribution in [3.05, 3.63) is 42.0 Å². The van der Waals surface area contributed by atoms with Gasteiger partial charge < -0.3 is 14.8 Å². The molecular formula is C18H21NO5. The lowest BCUT2D eigenvalue weighted by molar-refractivity contribution is -0.175. The van der Waals surface area contributed by atoms with Crippen molar-refractivity contribution in [2.75, 3.05) is 6.61 Å². The van der Waals surface area contributed by atoms with Crippen molar-refractivity contribution < 1.29 is 23.9 Å². The summed E-state index contributed by atoms with van der Waals surface area (Å²) in [6, 6.07) is 8.69. The van der Waals surface area contributed by atoms with E-state index >= 15 is 0 Å². The lowest BCUT2D eigenvalue weighted by atomic mass is 9.87. The van der Waals surface area contributed by atoms with E-state index in [2.05, 4.69) is 5.32 Å². The molecule has 1 aliphatic heterocycles. The maximum Gasteiger partial charge on any atom is 0.365 e. The van der Waals surface area contributed by atoms with Gasteiger partial charge in [-0.25, -0.2) is 9.59 Å². The fraction of sp³-hybridized carbons (Fsp3) is 0.389. The van der Waals surface area contributed by atoms with Crippen LogP contribution in [-0.4, -0.2) is 35.6 Å². The smallest absolute Gasteiger partial charge is 0.365 e. The molecule has 0 radical (unpaired) electrons. The third-order valence-electron chi connectivity index (χ3n) is 3.35. The quantitative estimate of drug-likeness (QED) is 0.672. The molecule has 1 unspecified atom stereocenters. The van der Waals surface area contributed by atoms with E-state index in [0.29, 0.717) is 5.56 Å². The minimum atomic E-state index is -2.14. The first-order chi connectivity index (χ1) is 11.2. The number of benzene rings is 1. The van der Waals surface area contributed by atoms with Crippen LogP contribution in [0.15, 0.2) is 36.4 Å². The Bertz CT molecular complexity index is 687. The van der Waals surface area contributed by atoms with Gasteiger partial charge in [-0.1, -0.05) is 30.3 Å². The van der Waals surface area contributed by atoms with Crippen molar-refractivity contribution in [3.63, 3.8) is 0 Å². The molecule has 1 atom stereocenters. The van der Waals surface area contributed by atoms with Crippen LogP contribution in [0.25, 0.3) is 5.57 Å². The monoisotopic (exact) mass is 331 g/mol. The summed E-state index contributed by atoms with van der Waals surface area (Å²) >= 11 is 0. The zero-order valence-corrected chi connectivity index (χ0v) is 14.2. The Morgan fingerprint density at radius 2 is 1.83 bits per heavy atom. The van der Waals surface area contributed by atoms with E-state index < -0.39 is 29.0 Å². The first kappa shape index (κ1) is 17.7. The van der Waals surface area contributed by atoms with E-state index in [1.165, 1.54) is 0 Å². The van der Waals surface area contributed by atoms with Crippen molar-refractivity contribution in [1.82, 2.24) is 5.32 Å². The molecule has 2 rings (SSSR count). The number of carbonyl (C=O) groups excluding carboxylic acids is 3. The minimum absolute atomic E-state index is 0.0585. The van der Waals surface area contributed by atoms with E-state index in [-0.39, 0.29) is 12.2 Å². The predicted octanol–water partition coefficient (Wildman–Crippen LogP) is 1.84. The fourth-order valence-electron chi connectivity index (χ4n) is 2.43. The van der Waals surface area contributed by atoms with Gasteiger partial charge in [0.05, 0.1) is 6.61 Å². The summed E-state index contributed by atoms with van der Waals surface area (Å²) in [5.41, 5.74) is -2.04. The van der Waals surface area contributed by atoms with Crippen molar-refractivity contribution in [2.24, 2.45) is 0 Å². The van der Waals surface area contributed by atoms with Crippen molar-refractivity contribution in [3.8, 4) is 0 Å². The molecule has 1 aromatic carbocycles. The molecule has 24 heavy (non-hydrogen) atoms. The van der Waals surface area contributed by atoms with E-state index in [9.17, 15) is 14.4 Å². The second-order valence-electron chi connectivity index (χ2n) is 6.45. The molecule has 0 saturated carbocycles. The van der Waals surface area contributed by atoms with Gasteiger partial charge in [-0.15, -0.1) is 0 Å². The Morgan fingerprint density at radius 1 is 1.21 bits per heavy atom. The number of carbonyl (C=O) groups is 3. The van der Waals surface area contributed by atoms with Gasteiger partial charge in [0.1, 0.15) is 0 Å². The van der Waals surface area contributed by atoms with Gasteiger partial charge in [0, 0.05) is 17.2 Å². The van der Waals surface area contributed by atoms with Gasteiger partial charge in [0.2, 0.25) is 0 Å². The van der Waals surface area contributed by atoms with Crippen LogP contribution in [0, 0.1) is 0 Å². The molecule has 0 bridgehead atoms. The highest BCUT2D eigenvalue weighted by Crippen LogP contribution is 2.38. The first-order valence-electron chi connectivity index (χ1n) is 7.71. The van der Waals surface area contributed by atoms with Crippen LogP contribution in [0.5, 0.6) is 0 Å². The largest absolute Gasteiger partial charge is 0.462 e. The maximum absolute atomic E-state index is 12.9. The second kappa shape index (κ2) is 6.47. The Labute approximate surface area is 140 Å². The summed E-state index contributed by atoms with van der Waals surface area (Å²) in [6.45, 7) is 6.99. The zero-order chi connectivity index (χ0) is 18.0. The van der Waals surface area contributed by atoms with Crippen LogP contribution in [-0.2, 0) is 23.9 Å². The lowest BCUT2D eigenvalue weighted by Crippen LogP contribution is -2.58. The molecule has 0 aromatic heterocycles. The van der Waals surface area contributed by atoms with Crippen molar-refractivity contribution in [2.45, 2.75) is 38.8 Å². The molecule has 1 heterocycles. The molecule has 0 saturated heterocycles. The third kappa shape index (κ3) is 3.32. The molecule has 1 aliphatic rings. The summed E-state index contributed by atoms with van der Waals surface area (Å²) in [7, 11) is 0. The normalized spacial score (nSPS) is 20.2. The Morgan fingerprint density at radius 3 is 2.38 bits per heavy atom. The van der Waals surface area contributed by atoms with Gasteiger partial charge in [-0.05, 0) is 33.3 Å². The van der Waals surface area contributed by atoms with Crippen LogP contribution in [0.2, 0.25) is 0 Å². The van der Waals surface area contributed by atoms with Crippen LogP contribution >= 0.6 is 0 Å². The van der Waals surface area contributed by atoms with E-state index in [0.717, 1.165) is 6.08 Å². The SMILES string of the molecule is CCOC(=O)C1(C(=O)NC(C)(C)C)OC(=O)C=C1c1ccccc1. The molecule has 0 aliphatic carbocycles. The number of hydrogen-bond acceptors (Lipinski definition) is 5. The highest BCUT2D eigenvalue weighted by atomic mass is 16.6. The molecular weight excluding hydrogens is 310 g/mol. The zero-order valence-electron chi connectivity index (χ0n) is 14.2. The fourth-order valence-corrected chi connectivity index (χ4v) is 2.43. The molecule has 1 aromatic rings. The number of cyclic esters (lactones) is 1. The van der Waals surface area contributed by atoms with E-state index in [4.69, 9.17) is 9.47 Å². The average molecular weight is 331 g/mol. The van der Waals surface area contributed by atoms with E-state index in [1.807, 2.05) is 0 Å². The summed E-state index contributed by atoms with van der Waals surface area (Å²) in [5, 5.41) is 2.70. The second-order valence-corrected chi connectivity index (χ2v) is 6.45. The molecule has 0 fully saturated rings. The van der Waals surface area contributed by atoms with Crippen LogP contribution in [0.3, 0.4) is 0 Å². The molecule has 1 N–H and O–H groups in total. The number of ether oxygens (including phenoxy) is 2. The Balaban J connectivity index is 2.57. The van der Waals surface area contributed by atoms with Gasteiger partial charge in [-0.2, -0.15) is 0 Å². The number of rotatable bonds is 4. The first-order valence-corrected chi connectivity index (χ1v) is 7.71. The number of hydrogen-bond donors (Lipinski definition) is 1. The van der Waals surface area contributed by atoms with Crippen LogP contribution in [0.4, 0.5) is 0 Å². The van der Waals surface area contributed by atoms with Crippen molar-refractivity contribution >= 4 is 23.4 Å². The van der Waals surface area contributed by atoms with Crippen LogP contribution < -0.4 is 5.32 Å². The van der Waals surface area contributed by atoms with E-state index in [1.54, 1.807) is 58.0 Å². The predicted molar refractivity (Wildman–Crippen MR) is 87.8 cm³/mol. The number of nitrogens with one attached hydrogen (secondary N) is 1. The number of esters is 2. The minimum Gasteiger partial charge on any atom is -0.462 e. The van der Waals surface area contributed by atoms with Gasteiger partial charge >= 0.3 is 17.5 Å². The van der Waals surface area contributed by atoms with Gasteiger partial charge in [-0.3, -0.25) is 4.79 Å². The van der Waals surface area contributed by atoms with Gasteiger partial charge in [0.15, 0.2) is 0 Å². The highest BCUT2D eigenvalue weighted by Gasteiger charge is 2.58. The molecule has 1 amide bonds. The Kier molecular flexibility index (Phi) is 4.78. The standard InChI is InChI=1S/C18H21NO5/c1-5-23-16(22)18(15(21)19-17(2,3)4)13(11-14(20)24-18)12-9-7-6-8-10-12/h6-11H,5H2,1-4H3,(H,19,21). The summed E-state index contributed by atoms with van der Waals surface area (Å²) in [6.07, 6.45) is 1.16. The molecule has 128 valence electrons. The third-order valence-corrected chi connectivity index (χ3v) is 3.35. The van der Waals surface area contributed by atoms with Gasteiger partial charge in [0.25, 0.3) is 5.91 Å². The average Bonchev–Trinajstić information content (AvgIpc) is 2.85. The summed E-state index contributed by atoms with van der Waals surface area (Å²) in [4.78, 5) is 37.5. The topological polar surface area (TPSA) is 81.7 Å². The maximum atomic E-state index is 12.9.